The Labute approximate surface area is 80.6 Å². The number of likely N-dealkylation sites (N-methyl/N-ethyl adjacent to an activating group) is 1. The van der Waals surface area contributed by atoms with Crippen molar-refractivity contribution in [2.45, 2.75) is 6.10 Å². The Bertz CT molecular complexity index is 330. The molecule has 78 valence electrons. The minimum Gasteiger partial charge on any atom is -0.504 e. The van der Waals surface area contributed by atoms with Crippen LogP contribution in [0.15, 0.2) is 12.1 Å². The van der Waals surface area contributed by atoms with Crippen LogP contribution in [0.5, 0.6) is 11.5 Å². The Morgan fingerprint density at radius 3 is 2.64 bits per heavy atom. The van der Waals surface area contributed by atoms with Gasteiger partial charge in [0.1, 0.15) is 0 Å². The molecule has 0 aromatic heterocycles. The average Bonchev–Trinajstić information content (AvgIpc) is 2.15. The van der Waals surface area contributed by atoms with Gasteiger partial charge in [-0.15, -0.1) is 0 Å². The monoisotopic (exact) mass is 201 g/mol. The number of aliphatic hydroxyl groups excluding tert-OH is 1. The molecule has 4 nitrogen and oxygen atoms in total. The van der Waals surface area contributed by atoms with Gasteiger partial charge in [0.15, 0.2) is 17.3 Å². The van der Waals surface area contributed by atoms with Crippen molar-refractivity contribution in [2.75, 3.05) is 13.6 Å². The summed E-state index contributed by atoms with van der Waals surface area (Å²) in [6, 6.07) is 2.36. The van der Waals surface area contributed by atoms with E-state index in [1.54, 1.807) is 7.05 Å². The molecule has 0 radical (unpaired) electrons. The quantitative estimate of drug-likeness (QED) is 0.537. The van der Waals surface area contributed by atoms with Crippen molar-refractivity contribution in [2.24, 2.45) is 0 Å². The third-order valence-corrected chi connectivity index (χ3v) is 1.88. The third-order valence-electron chi connectivity index (χ3n) is 1.88. The summed E-state index contributed by atoms with van der Waals surface area (Å²) in [5.41, 5.74) is -0.0466. The van der Waals surface area contributed by atoms with Gasteiger partial charge in [-0.1, -0.05) is 0 Å². The fourth-order valence-corrected chi connectivity index (χ4v) is 1.13. The van der Waals surface area contributed by atoms with Gasteiger partial charge in [0.25, 0.3) is 0 Å². The van der Waals surface area contributed by atoms with Crippen molar-refractivity contribution < 1.29 is 19.7 Å². The van der Waals surface area contributed by atoms with E-state index in [1.807, 2.05) is 0 Å². The number of benzene rings is 1. The number of aromatic hydroxyl groups is 2. The summed E-state index contributed by atoms with van der Waals surface area (Å²) >= 11 is 0. The third kappa shape index (κ3) is 1.94. The minimum absolute atomic E-state index is 0.0466. The van der Waals surface area contributed by atoms with Gasteiger partial charge in [-0.05, 0) is 19.2 Å². The van der Waals surface area contributed by atoms with Crippen LogP contribution >= 0.6 is 0 Å². The smallest absolute Gasteiger partial charge is 0.194 e. The van der Waals surface area contributed by atoms with E-state index in [9.17, 15) is 9.50 Å². The molecule has 0 saturated heterocycles. The molecule has 0 unspecified atom stereocenters. The van der Waals surface area contributed by atoms with Gasteiger partial charge >= 0.3 is 0 Å². The second-order valence-electron chi connectivity index (χ2n) is 2.91. The lowest BCUT2D eigenvalue weighted by Crippen LogP contribution is -2.17. The maximum atomic E-state index is 13.2. The molecule has 0 spiro atoms. The van der Waals surface area contributed by atoms with Crippen molar-refractivity contribution in [1.82, 2.24) is 5.32 Å². The summed E-state index contributed by atoms with van der Waals surface area (Å²) in [6.45, 7) is 0.168. The Morgan fingerprint density at radius 1 is 1.43 bits per heavy atom. The number of halogens is 1. The first kappa shape index (κ1) is 10.7. The number of hydrogen-bond donors (Lipinski definition) is 4. The van der Waals surface area contributed by atoms with Crippen molar-refractivity contribution >= 4 is 0 Å². The first-order valence-electron chi connectivity index (χ1n) is 4.11. The first-order chi connectivity index (χ1) is 6.57. The van der Waals surface area contributed by atoms with Crippen LogP contribution in [0, 0.1) is 5.82 Å². The molecule has 1 aromatic carbocycles. The number of phenolic OH excluding ortho intramolecular Hbond substituents is 2. The van der Waals surface area contributed by atoms with Gasteiger partial charge in [-0.25, -0.2) is 4.39 Å². The molecule has 0 aliphatic heterocycles. The predicted octanol–water partition coefficient (Wildman–Crippen LogP) is 0.490. The van der Waals surface area contributed by atoms with Gasteiger partial charge in [0, 0.05) is 12.1 Å². The van der Waals surface area contributed by atoms with Crippen molar-refractivity contribution in [3.05, 3.63) is 23.5 Å². The second kappa shape index (κ2) is 4.26. The van der Waals surface area contributed by atoms with Crippen LogP contribution in [0.3, 0.4) is 0 Å². The topological polar surface area (TPSA) is 72.7 Å². The van der Waals surface area contributed by atoms with Crippen LogP contribution in [-0.2, 0) is 0 Å². The molecule has 0 heterocycles. The van der Waals surface area contributed by atoms with Gasteiger partial charge in [-0.2, -0.15) is 0 Å². The highest BCUT2D eigenvalue weighted by Crippen LogP contribution is 2.32. The molecular weight excluding hydrogens is 189 g/mol. The molecular formula is C9H12FNO3. The van der Waals surface area contributed by atoms with E-state index in [1.165, 1.54) is 6.07 Å². The van der Waals surface area contributed by atoms with E-state index in [0.29, 0.717) is 0 Å². The van der Waals surface area contributed by atoms with E-state index in [2.05, 4.69) is 5.32 Å². The molecule has 5 heteroatoms. The summed E-state index contributed by atoms with van der Waals surface area (Å²) in [4.78, 5) is 0. The van der Waals surface area contributed by atoms with Crippen LogP contribution in [0.4, 0.5) is 4.39 Å². The van der Waals surface area contributed by atoms with Crippen molar-refractivity contribution in [3.8, 4) is 11.5 Å². The zero-order valence-electron chi connectivity index (χ0n) is 7.66. The van der Waals surface area contributed by atoms with E-state index in [4.69, 9.17) is 10.2 Å². The Morgan fingerprint density at radius 2 is 2.07 bits per heavy atom. The van der Waals surface area contributed by atoms with Gasteiger partial charge in [-0.3, -0.25) is 0 Å². The lowest BCUT2D eigenvalue weighted by Gasteiger charge is -2.12. The van der Waals surface area contributed by atoms with E-state index < -0.39 is 23.4 Å². The number of rotatable bonds is 3. The fourth-order valence-electron chi connectivity index (χ4n) is 1.13. The molecule has 0 aliphatic rings. The molecule has 14 heavy (non-hydrogen) atoms. The minimum atomic E-state index is -1.05. The van der Waals surface area contributed by atoms with Gasteiger partial charge in [0.05, 0.1) is 6.10 Å². The summed E-state index contributed by atoms with van der Waals surface area (Å²) in [5, 5.41) is 30.1. The molecule has 0 aliphatic carbocycles. The summed E-state index contributed by atoms with van der Waals surface area (Å²) in [7, 11) is 1.61. The molecule has 0 saturated carbocycles. The number of nitrogens with one attached hydrogen (secondary N) is 1. The van der Waals surface area contributed by atoms with Crippen molar-refractivity contribution in [1.29, 1.82) is 0 Å². The fraction of sp³-hybridized carbons (Fsp3) is 0.333. The Balaban J connectivity index is 3.04. The van der Waals surface area contributed by atoms with Crippen LogP contribution in [0.1, 0.15) is 11.7 Å². The maximum absolute atomic E-state index is 13.2. The molecule has 0 bridgehead atoms. The largest absolute Gasteiger partial charge is 0.504 e. The number of hydrogen-bond acceptors (Lipinski definition) is 4. The number of aliphatic hydroxyl groups is 1. The molecule has 1 aromatic rings. The predicted molar refractivity (Wildman–Crippen MR) is 48.6 cm³/mol. The molecule has 0 amide bonds. The summed E-state index contributed by atoms with van der Waals surface area (Å²) in [6.07, 6.45) is -1.05. The maximum Gasteiger partial charge on any atom is 0.194 e. The summed E-state index contributed by atoms with van der Waals surface area (Å²) in [5.74, 6) is -2.37. The first-order valence-corrected chi connectivity index (χ1v) is 4.11. The molecule has 1 atom stereocenters. The van der Waals surface area contributed by atoms with E-state index >= 15 is 0 Å². The highest BCUT2D eigenvalue weighted by atomic mass is 19.1. The van der Waals surface area contributed by atoms with E-state index in [-0.39, 0.29) is 12.1 Å². The normalized spacial score (nSPS) is 12.8. The average molecular weight is 201 g/mol. The zero-order chi connectivity index (χ0) is 10.7. The Hall–Kier alpha value is -1.33. The highest BCUT2D eigenvalue weighted by Gasteiger charge is 2.17. The van der Waals surface area contributed by atoms with Crippen molar-refractivity contribution in [3.63, 3.8) is 0 Å². The van der Waals surface area contributed by atoms with Crippen LogP contribution in [-0.4, -0.2) is 28.9 Å². The molecule has 0 fully saturated rings. The number of phenols is 2. The lowest BCUT2D eigenvalue weighted by molar-refractivity contribution is 0.171. The Kier molecular flexibility index (Phi) is 3.27. The van der Waals surface area contributed by atoms with Crippen LogP contribution < -0.4 is 5.32 Å². The van der Waals surface area contributed by atoms with Crippen LogP contribution in [0.2, 0.25) is 0 Å². The van der Waals surface area contributed by atoms with E-state index in [0.717, 1.165) is 6.07 Å². The molecule has 1 rings (SSSR count). The van der Waals surface area contributed by atoms with Gasteiger partial charge < -0.3 is 20.6 Å². The SMILES string of the molecule is CNC[C@@H](O)c1ccc(O)c(O)c1F. The summed E-state index contributed by atoms with van der Waals surface area (Å²) < 4.78 is 13.2. The van der Waals surface area contributed by atoms with Gasteiger partial charge in [0.2, 0.25) is 0 Å². The zero-order valence-corrected chi connectivity index (χ0v) is 7.66. The highest BCUT2D eigenvalue weighted by molar-refractivity contribution is 5.43. The second-order valence-corrected chi connectivity index (χ2v) is 2.91. The lowest BCUT2D eigenvalue weighted by atomic mass is 10.1. The standard InChI is InChI=1S/C9H12FNO3/c1-11-4-7(13)5-2-3-6(12)9(14)8(5)10/h2-3,7,11-14H,4H2,1H3/t7-/m1/s1. The van der Waals surface area contributed by atoms with Crippen LogP contribution in [0.25, 0.3) is 0 Å². The molecule has 4 N–H and O–H groups in total.